The summed E-state index contributed by atoms with van der Waals surface area (Å²) in [6.45, 7) is 2.94. The van der Waals surface area contributed by atoms with E-state index in [0.29, 0.717) is 23.1 Å². The van der Waals surface area contributed by atoms with Crippen LogP contribution in [0, 0.1) is 22.7 Å². The van der Waals surface area contributed by atoms with Crippen molar-refractivity contribution in [3.63, 3.8) is 0 Å². The Morgan fingerprint density at radius 3 is 2.45 bits per heavy atom. The molecule has 1 fully saturated rings. The van der Waals surface area contributed by atoms with Crippen LogP contribution in [0.5, 0.6) is 11.5 Å². The summed E-state index contributed by atoms with van der Waals surface area (Å²) in [5.41, 5.74) is -0.0142. The lowest BCUT2D eigenvalue weighted by atomic mass is 9.90. The van der Waals surface area contributed by atoms with E-state index in [1.165, 1.54) is 0 Å². The van der Waals surface area contributed by atoms with Crippen LogP contribution in [0.3, 0.4) is 0 Å². The molecule has 0 aliphatic carbocycles. The van der Waals surface area contributed by atoms with E-state index < -0.39 is 17.9 Å². The van der Waals surface area contributed by atoms with Gasteiger partial charge in [-0.25, -0.2) is 0 Å². The van der Waals surface area contributed by atoms with Crippen LogP contribution in [0.4, 0.5) is 0 Å². The van der Waals surface area contributed by atoms with Crippen LogP contribution in [-0.4, -0.2) is 23.8 Å². The van der Waals surface area contributed by atoms with Gasteiger partial charge in [0.25, 0.3) is 5.60 Å². The first-order chi connectivity index (χ1) is 14.1. The van der Waals surface area contributed by atoms with Crippen molar-refractivity contribution in [2.24, 2.45) is 0 Å². The molecule has 6 nitrogen and oxygen atoms in total. The van der Waals surface area contributed by atoms with Crippen LogP contribution in [0.1, 0.15) is 43.2 Å². The molecule has 4 rings (SSSR count). The maximum Gasteiger partial charge on any atom is 0.262 e. The van der Waals surface area contributed by atoms with Crippen LogP contribution in [0.25, 0.3) is 0 Å². The van der Waals surface area contributed by atoms with E-state index in [9.17, 15) is 10.5 Å². The molecule has 2 aromatic rings. The van der Waals surface area contributed by atoms with E-state index >= 15 is 0 Å². The Kier molecular flexibility index (Phi) is 5.34. The number of fused-ring (bicyclic) bond motifs is 1. The molecule has 1 saturated heterocycles. The fraction of sp³-hybridized carbons (Fsp3) is 0.364. The van der Waals surface area contributed by atoms with E-state index in [0.717, 1.165) is 24.0 Å². The summed E-state index contributed by atoms with van der Waals surface area (Å²) < 4.78 is 17.1. The minimum absolute atomic E-state index is 0.161. The molecule has 2 heterocycles. The molecule has 29 heavy (non-hydrogen) atoms. The molecule has 148 valence electrons. The van der Waals surface area contributed by atoms with Gasteiger partial charge in [0.1, 0.15) is 18.4 Å². The number of unbranched alkanes of at least 4 members (excludes halogenated alkanes) is 1. The van der Waals surface area contributed by atoms with Gasteiger partial charge in [-0.2, -0.15) is 10.5 Å². The first kappa shape index (κ1) is 19.5. The summed E-state index contributed by atoms with van der Waals surface area (Å²) >= 11 is 6.04. The maximum atomic E-state index is 9.99. The van der Waals surface area contributed by atoms with Crippen molar-refractivity contribution in [3.8, 4) is 23.6 Å². The molecule has 0 radical (unpaired) electrons. The Labute approximate surface area is 174 Å². The maximum absolute atomic E-state index is 9.99. The summed E-state index contributed by atoms with van der Waals surface area (Å²) in [5, 5.41) is 20.6. The fourth-order valence-electron chi connectivity index (χ4n) is 3.86. The number of nitriles is 2. The molecule has 0 aromatic heterocycles. The minimum atomic E-state index is -1.65. The van der Waals surface area contributed by atoms with Crippen molar-refractivity contribution in [1.82, 2.24) is 4.90 Å². The average Bonchev–Trinajstić information content (AvgIpc) is 3.34. The molecule has 2 aliphatic rings. The SMILES string of the molecule is CCCCN1C(c2ccc(Cl)cc2)OC(C#N)(C#N)C1c1ccc2c(c1)OCO2. The number of rotatable bonds is 5. The molecule has 2 unspecified atom stereocenters. The second kappa shape index (κ2) is 7.93. The molecule has 0 N–H and O–H groups in total. The highest BCUT2D eigenvalue weighted by Crippen LogP contribution is 2.50. The first-order valence-corrected chi connectivity index (χ1v) is 9.90. The largest absolute Gasteiger partial charge is 0.454 e. The van der Waals surface area contributed by atoms with Crippen molar-refractivity contribution in [3.05, 3.63) is 58.6 Å². The summed E-state index contributed by atoms with van der Waals surface area (Å²) in [4.78, 5) is 2.08. The predicted molar refractivity (Wildman–Crippen MR) is 106 cm³/mol. The van der Waals surface area contributed by atoms with Crippen LogP contribution in [0.2, 0.25) is 5.02 Å². The monoisotopic (exact) mass is 409 g/mol. The number of ether oxygens (including phenoxy) is 3. The number of hydrogen-bond acceptors (Lipinski definition) is 6. The van der Waals surface area contributed by atoms with E-state index in [-0.39, 0.29) is 6.79 Å². The zero-order chi connectivity index (χ0) is 20.4. The molecule has 0 bridgehead atoms. The van der Waals surface area contributed by atoms with Crippen LogP contribution in [0.15, 0.2) is 42.5 Å². The minimum Gasteiger partial charge on any atom is -0.454 e. The number of halogens is 1. The normalized spacial score (nSPS) is 22.2. The summed E-state index contributed by atoms with van der Waals surface area (Å²) in [6, 6.07) is 16.5. The van der Waals surface area contributed by atoms with E-state index in [2.05, 4.69) is 24.0 Å². The lowest BCUT2D eigenvalue weighted by Gasteiger charge is -2.29. The summed E-state index contributed by atoms with van der Waals surface area (Å²) in [6.07, 6.45) is 1.35. The highest BCUT2D eigenvalue weighted by molar-refractivity contribution is 6.30. The van der Waals surface area contributed by atoms with E-state index in [1.807, 2.05) is 30.3 Å². The molecule has 0 amide bonds. The topological polar surface area (TPSA) is 78.5 Å². The third-order valence-electron chi connectivity index (χ3n) is 5.29. The number of benzene rings is 2. The smallest absolute Gasteiger partial charge is 0.262 e. The molecule has 2 aromatic carbocycles. The fourth-order valence-corrected chi connectivity index (χ4v) is 3.99. The highest BCUT2D eigenvalue weighted by Gasteiger charge is 2.56. The third kappa shape index (κ3) is 3.41. The quantitative estimate of drug-likeness (QED) is 0.710. The third-order valence-corrected chi connectivity index (χ3v) is 5.54. The second-order valence-corrected chi connectivity index (χ2v) is 7.52. The lowest BCUT2D eigenvalue weighted by molar-refractivity contribution is -0.00940. The Morgan fingerprint density at radius 2 is 1.76 bits per heavy atom. The van der Waals surface area contributed by atoms with Crippen molar-refractivity contribution < 1.29 is 14.2 Å². The molecule has 0 spiro atoms. The number of hydrogen-bond donors (Lipinski definition) is 0. The van der Waals surface area contributed by atoms with Crippen LogP contribution < -0.4 is 9.47 Å². The van der Waals surface area contributed by atoms with Gasteiger partial charge in [-0.15, -0.1) is 0 Å². The van der Waals surface area contributed by atoms with Gasteiger partial charge in [0.05, 0.1) is 6.04 Å². The lowest BCUT2D eigenvalue weighted by Crippen LogP contribution is -2.36. The van der Waals surface area contributed by atoms with Gasteiger partial charge < -0.3 is 14.2 Å². The first-order valence-electron chi connectivity index (χ1n) is 9.53. The predicted octanol–water partition coefficient (Wildman–Crippen LogP) is 4.73. The Bertz CT molecular complexity index is 966. The van der Waals surface area contributed by atoms with Gasteiger partial charge in [-0.05, 0) is 41.8 Å². The second-order valence-electron chi connectivity index (χ2n) is 7.09. The zero-order valence-corrected chi connectivity index (χ0v) is 16.7. The van der Waals surface area contributed by atoms with Gasteiger partial charge >= 0.3 is 0 Å². The molecule has 2 aliphatic heterocycles. The van der Waals surface area contributed by atoms with Gasteiger partial charge in [-0.3, -0.25) is 4.90 Å². The Hall–Kier alpha value is -2.77. The number of nitrogens with zero attached hydrogens (tertiary/aromatic N) is 3. The van der Waals surface area contributed by atoms with Crippen molar-refractivity contribution in [2.75, 3.05) is 13.3 Å². The molecule has 0 saturated carbocycles. The highest BCUT2D eigenvalue weighted by atomic mass is 35.5. The molecule has 7 heteroatoms. The molecular formula is C22H20ClN3O3. The Balaban J connectivity index is 1.81. The van der Waals surface area contributed by atoms with Gasteiger partial charge in [0.2, 0.25) is 6.79 Å². The van der Waals surface area contributed by atoms with Crippen molar-refractivity contribution >= 4 is 11.6 Å². The standard InChI is InChI=1S/C22H20ClN3O3/c1-2-3-10-26-20(16-6-9-18-19(11-16)28-14-27-18)22(12-24,13-25)29-21(26)15-4-7-17(23)8-5-15/h4-9,11,20-21H,2-3,10,14H2,1H3. The van der Waals surface area contributed by atoms with E-state index in [4.69, 9.17) is 25.8 Å². The van der Waals surface area contributed by atoms with Gasteiger partial charge in [0, 0.05) is 11.6 Å². The molecular weight excluding hydrogens is 390 g/mol. The molecule has 2 atom stereocenters. The Morgan fingerprint density at radius 1 is 1.07 bits per heavy atom. The van der Waals surface area contributed by atoms with E-state index in [1.54, 1.807) is 12.1 Å². The van der Waals surface area contributed by atoms with Crippen LogP contribution in [-0.2, 0) is 4.74 Å². The summed E-state index contributed by atoms with van der Waals surface area (Å²) in [5.74, 6) is 1.26. The van der Waals surface area contributed by atoms with Crippen molar-refractivity contribution in [1.29, 1.82) is 10.5 Å². The average molecular weight is 410 g/mol. The van der Waals surface area contributed by atoms with Crippen molar-refractivity contribution in [2.45, 2.75) is 37.6 Å². The van der Waals surface area contributed by atoms with Gasteiger partial charge in [-0.1, -0.05) is 43.1 Å². The zero-order valence-electron chi connectivity index (χ0n) is 16.0. The van der Waals surface area contributed by atoms with Crippen LogP contribution >= 0.6 is 11.6 Å². The summed E-state index contributed by atoms with van der Waals surface area (Å²) in [7, 11) is 0. The van der Waals surface area contributed by atoms with Gasteiger partial charge in [0.15, 0.2) is 11.5 Å².